The first kappa shape index (κ1) is 12.0. The van der Waals surface area contributed by atoms with Crippen LogP contribution in [0, 0.1) is 17.8 Å². The first-order valence-electron chi connectivity index (χ1n) is 6.34. The van der Waals surface area contributed by atoms with Gasteiger partial charge in [-0.3, -0.25) is 0 Å². The molecule has 0 saturated heterocycles. The van der Waals surface area contributed by atoms with Crippen LogP contribution in [0.25, 0.3) is 0 Å². The van der Waals surface area contributed by atoms with Crippen LogP contribution in [0.15, 0.2) is 0 Å². The van der Waals surface area contributed by atoms with E-state index in [4.69, 9.17) is 0 Å². The molecule has 2 unspecified atom stereocenters. The highest BCUT2D eigenvalue weighted by atomic mass is 14.9. The average molecular weight is 197 g/mol. The van der Waals surface area contributed by atoms with Gasteiger partial charge in [0.2, 0.25) is 0 Å². The van der Waals surface area contributed by atoms with E-state index in [2.05, 4.69) is 33.1 Å². The summed E-state index contributed by atoms with van der Waals surface area (Å²) < 4.78 is 0. The molecule has 1 fully saturated rings. The Labute approximate surface area is 89.7 Å². The van der Waals surface area contributed by atoms with E-state index in [1.807, 2.05) is 0 Å². The molecule has 1 aliphatic carbocycles. The quantitative estimate of drug-likeness (QED) is 0.728. The molecular weight excluding hydrogens is 170 g/mol. The fraction of sp³-hybridized carbons (Fsp3) is 1.00. The Balaban J connectivity index is 2.47. The summed E-state index contributed by atoms with van der Waals surface area (Å²) in [6, 6.07) is 0.707. The van der Waals surface area contributed by atoms with Crippen molar-refractivity contribution >= 4 is 0 Å². The summed E-state index contributed by atoms with van der Waals surface area (Å²) in [7, 11) is 2.12. The Hall–Kier alpha value is -0.0400. The van der Waals surface area contributed by atoms with E-state index in [9.17, 15) is 0 Å². The van der Waals surface area contributed by atoms with E-state index in [0.29, 0.717) is 6.04 Å². The Bertz CT molecular complexity index is 147. The summed E-state index contributed by atoms with van der Waals surface area (Å²) in [4.78, 5) is 0. The molecule has 1 rings (SSSR count). The molecular formula is C13H27N. The largest absolute Gasteiger partial charge is 0.316 e. The van der Waals surface area contributed by atoms with Gasteiger partial charge >= 0.3 is 0 Å². The van der Waals surface area contributed by atoms with Crippen LogP contribution in [0.2, 0.25) is 0 Å². The molecule has 0 aliphatic heterocycles. The summed E-state index contributed by atoms with van der Waals surface area (Å²) in [5.74, 6) is 2.58. The second-order valence-corrected chi connectivity index (χ2v) is 5.32. The number of nitrogens with one attached hydrogen (secondary N) is 1. The molecule has 0 aromatic carbocycles. The molecule has 0 aromatic rings. The van der Waals surface area contributed by atoms with E-state index in [1.54, 1.807) is 0 Å². The van der Waals surface area contributed by atoms with E-state index in [1.165, 1.54) is 32.1 Å². The lowest BCUT2D eigenvalue weighted by Gasteiger charge is -2.35. The smallest absolute Gasteiger partial charge is 0.0115 e. The predicted octanol–water partition coefficient (Wildman–Crippen LogP) is 3.45. The molecule has 0 radical (unpaired) electrons. The molecule has 1 saturated carbocycles. The maximum Gasteiger partial charge on any atom is 0.0115 e. The highest BCUT2D eigenvalue weighted by molar-refractivity contribution is 4.82. The molecule has 1 heteroatoms. The fourth-order valence-corrected chi connectivity index (χ4v) is 3.16. The Morgan fingerprint density at radius 1 is 1.00 bits per heavy atom. The lowest BCUT2D eigenvalue weighted by Crippen LogP contribution is -2.40. The molecule has 0 bridgehead atoms. The van der Waals surface area contributed by atoms with Crippen molar-refractivity contribution in [3.63, 3.8) is 0 Å². The van der Waals surface area contributed by atoms with Crippen LogP contribution in [0.1, 0.15) is 52.9 Å². The van der Waals surface area contributed by atoms with Crippen molar-refractivity contribution in [3.05, 3.63) is 0 Å². The summed E-state index contributed by atoms with van der Waals surface area (Å²) in [6.45, 7) is 7.11. The zero-order chi connectivity index (χ0) is 10.6. The van der Waals surface area contributed by atoms with E-state index in [-0.39, 0.29) is 0 Å². The highest BCUT2D eigenvalue weighted by Crippen LogP contribution is 2.33. The first-order valence-corrected chi connectivity index (χ1v) is 6.34. The molecule has 1 aliphatic rings. The molecule has 0 amide bonds. The van der Waals surface area contributed by atoms with E-state index in [0.717, 1.165) is 17.8 Å². The van der Waals surface area contributed by atoms with Crippen LogP contribution in [-0.2, 0) is 0 Å². The van der Waals surface area contributed by atoms with Gasteiger partial charge in [-0.1, -0.05) is 52.9 Å². The number of rotatable bonds is 4. The van der Waals surface area contributed by atoms with Crippen molar-refractivity contribution in [2.24, 2.45) is 17.8 Å². The summed E-state index contributed by atoms with van der Waals surface area (Å²) in [5, 5.41) is 3.50. The zero-order valence-electron chi connectivity index (χ0n) is 10.3. The molecule has 84 valence electrons. The van der Waals surface area contributed by atoms with Gasteiger partial charge < -0.3 is 5.32 Å². The normalized spacial score (nSPS) is 23.8. The summed E-state index contributed by atoms with van der Waals surface area (Å²) in [6.07, 6.45) is 7.32. The van der Waals surface area contributed by atoms with Crippen molar-refractivity contribution in [2.75, 3.05) is 7.05 Å². The number of hydrogen-bond donors (Lipinski definition) is 1. The molecule has 1 N–H and O–H groups in total. The van der Waals surface area contributed by atoms with Gasteiger partial charge in [0.05, 0.1) is 0 Å². The van der Waals surface area contributed by atoms with Crippen LogP contribution in [0.4, 0.5) is 0 Å². The van der Waals surface area contributed by atoms with Gasteiger partial charge in [0.25, 0.3) is 0 Å². The fourth-order valence-electron chi connectivity index (χ4n) is 3.16. The van der Waals surface area contributed by atoms with Gasteiger partial charge in [0.15, 0.2) is 0 Å². The maximum atomic E-state index is 3.50. The summed E-state index contributed by atoms with van der Waals surface area (Å²) in [5.41, 5.74) is 0. The van der Waals surface area contributed by atoms with Crippen LogP contribution in [-0.4, -0.2) is 13.1 Å². The molecule has 0 spiro atoms. The highest BCUT2D eigenvalue weighted by Gasteiger charge is 2.27. The van der Waals surface area contributed by atoms with Crippen LogP contribution in [0.5, 0.6) is 0 Å². The molecule has 0 aromatic heterocycles. The topological polar surface area (TPSA) is 12.0 Å². The first-order chi connectivity index (χ1) is 6.66. The lowest BCUT2D eigenvalue weighted by atomic mass is 9.75. The average Bonchev–Trinajstić information content (AvgIpc) is 2.19. The van der Waals surface area contributed by atoms with Crippen molar-refractivity contribution in [1.29, 1.82) is 0 Å². The second-order valence-electron chi connectivity index (χ2n) is 5.32. The van der Waals surface area contributed by atoms with Crippen LogP contribution in [0.3, 0.4) is 0 Å². The standard InChI is InChI=1S/C13H27N/c1-10(2)13(14-4)11(3)12-8-6-5-7-9-12/h10-14H,5-9H2,1-4H3. The van der Waals surface area contributed by atoms with Crippen molar-refractivity contribution < 1.29 is 0 Å². The molecule has 14 heavy (non-hydrogen) atoms. The molecule has 0 heterocycles. The van der Waals surface area contributed by atoms with Crippen molar-refractivity contribution in [1.82, 2.24) is 5.32 Å². The minimum atomic E-state index is 0.707. The minimum absolute atomic E-state index is 0.707. The van der Waals surface area contributed by atoms with Gasteiger partial charge in [-0.25, -0.2) is 0 Å². The third-order valence-electron chi connectivity index (χ3n) is 4.01. The monoisotopic (exact) mass is 197 g/mol. The van der Waals surface area contributed by atoms with Crippen molar-refractivity contribution in [2.45, 2.75) is 58.9 Å². The lowest BCUT2D eigenvalue weighted by molar-refractivity contribution is 0.187. The van der Waals surface area contributed by atoms with E-state index >= 15 is 0 Å². The van der Waals surface area contributed by atoms with E-state index < -0.39 is 0 Å². The summed E-state index contributed by atoms with van der Waals surface area (Å²) >= 11 is 0. The van der Waals surface area contributed by atoms with Gasteiger partial charge in [-0.05, 0) is 24.8 Å². The van der Waals surface area contributed by atoms with Gasteiger partial charge in [0, 0.05) is 6.04 Å². The molecule has 2 atom stereocenters. The SMILES string of the molecule is CNC(C(C)C)C(C)C1CCCCC1. The number of hydrogen-bond acceptors (Lipinski definition) is 1. The third-order valence-corrected chi connectivity index (χ3v) is 4.01. The zero-order valence-corrected chi connectivity index (χ0v) is 10.3. The van der Waals surface area contributed by atoms with Crippen LogP contribution < -0.4 is 5.32 Å². The van der Waals surface area contributed by atoms with Crippen LogP contribution >= 0.6 is 0 Å². The van der Waals surface area contributed by atoms with Crippen molar-refractivity contribution in [3.8, 4) is 0 Å². The molecule has 1 nitrogen and oxygen atoms in total. The minimum Gasteiger partial charge on any atom is -0.316 e. The van der Waals surface area contributed by atoms with Gasteiger partial charge in [0.1, 0.15) is 0 Å². The Kier molecular flexibility index (Phi) is 4.94. The van der Waals surface area contributed by atoms with Gasteiger partial charge in [-0.15, -0.1) is 0 Å². The Morgan fingerprint density at radius 2 is 1.57 bits per heavy atom. The Morgan fingerprint density at radius 3 is 2.00 bits per heavy atom. The van der Waals surface area contributed by atoms with Gasteiger partial charge in [-0.2, -0.15) is 0 Å². The maximum absolute atomic E-state index is 3.50. The third kappa shape index (κ3) is 2.98. The predicted molar refractivity (Wildman–Crippen MR) is 63.4 cm³/mol. The second kappa shape index (κ2) is 5.75.